The summed E-state index contributed by atoms with van der Waals surface area (Å²) in [6.07, 6.45) is 1.62. The van der Waals surface area contributed by atoms with E-state index < -0.39 is 0 Å². The molecule has 0 radical (unpaired) electrons. The Bertz CT molecular complexity index is 277. The Labute approximate surface area is 78.1 Å². The summed E-state index contributed by atoms with van der Waals surface area (Å²) in [4.78, 5) is 0. The lowest BCUT2D eigenvalue weighted by Crippen LogP contribution is -2.01. The Balaban J connectivity index is 2.54. The number of hydrogen-bond acceptors (Lipinski definition) is 1. The van der Waals surface area contributed by atoms with Gasteiger partial charge in [-0.15, -0.1) is 0 Å². The van der Waals surface area contributed by atoms with Gasteiger partial charge in [0.1, 0.15) is 5.82 Å². The van der Waals surface area contributed by atoms with Crippen LogP contribution in [-0.2, 0) is 6.42 Å². The second-order valence-corrected chi connectivity index (χ2v) is 3.09. The minimum Gasteiger partial charge on any atom is -0.330 e. The maximum absolute atomic E-state index is 12.5. The Morgan fingerprint density at radius 2 is 1.92 bits per heavy atom. The second-order valence-electron chi connectivity index (χ2n) is 3.09. The fraction of sp³-hybridized carbons (Fsp3) is 0.273. The van der Waals surface area contributed by atoms with Crippen molar-refractivity contribution in [2.24, 2.45) is 5.73 Å². The third kappa shape index (κ3) is 3.38. The van der Waals surface area contributed by atoms with Crippen LogP contribution in [0.2, 0.25) is 0 Å². The van der Waals surface area contributed by atoms with Crippen molar-refractivity contribution in [3.63, 3.8) is 0 Å². The van der Waals surface area contributed by atoms with Gasteiger partial charge in [-0.1, -0.05) is 24.3 Å². The first-order chi connectivity index (χ1) is 6.22. The van der Waals surface area contributed by atoms with Gasteiger partial charge in [0.2, 0.25) is 0 Å². The molecular formula is C11H14FN. The Kier molecular flexibility index (Phi) is 3.65. The molecule has 1 nitrogen and oxygen atoms in total. The highest BCUT2D eigenvalue weighted by Gasteiger charge is 1.96. The van der Waals surface area contributed by atoms with Crippen LogP contribution < -0.4 is 5.73 Å². The molecule has 1 aromatic carbocycles. The van der Waals surface area contributed by atoms with Crippen LogP contribution in [0.5, 0.6) is 0 Å². The average molecular weight is 179 g/mol. The summed E-state index contributed by atoms with van der Waals surface area (Å²) in [6.45, 7) is 4.51. The number of nitrogens with two attached hydrogens (primary N) is 1. The predicted octanol–water partition coefficient (Wildman–Crippen LogP) is 2.27. The van der Waals surface area contributed by atoms with Gasteiger partial charge >= 0.3 is 0 Å². The van der Waals surface area contributed by atoms with Crippen molar-refractivity contribution in [3.8, 4) is 0 Å². The molecule has 2 N–H and O–H groups in total. The first kappa shape index (κ1) is 9.93. The monoisotopic (exact) mass is 179 g/mol. The van der Waals surface area contributed by atoms with E-state index in [1.54, 1.807) is 12.1 Å². The van der Waals surface area contributed by atoms with E-state index in [2.05, 4.69) is 6.58 Å². The zero-order valence-electron chi connectivity index (χ0n) is 7.59. The normalized spacial score (nSPS) is 10.0. The molecule has 0 bridgehead atoms. The molecule has 0 saturated heterocycles. The Morgan fingerprint density at radius 1 is 1.31 bits per heavy atom. The molecule has 1 aromatic rings. The average Bonchev–Trinajstić information content (AvgIpc) is 2.09. The van der Waals surface area contributed by atoms with Crippen molar-refractivity contribution in [2.45, 2.75) is 12.8 Å². The van der Waals surface area contributed by atoms with E-state index in [9.17, 15) is 4.39 Å². The molecule has 0 aliphatic carbocycles. The van der Waals surface area contributed by atoms with Gasteiger partial charge in [-0.2, -0.15) is 0 Å². The van der Waals surface area contributed by atoms with Gasteiger partial charge in [0.15, 0.2) is 0 Å². The van der Waals surface area contributed by atoms with Crippen LogP contribution in [0.15, 0.2) is 36.4 Å². The third-order valence-corrected chi connectivity index (χ3v) is 1.87. The van der Waals surface area contributed by atoms with Crippen molar-refractivity contribution in [1.82, 2.24) is 0 Å². The van der Waals surface area contributed by atoms with Crippen LogP contribution in [0, 0.1) is 5.82 Å². The van der Waals surface area contributed by atoms with E-state index in [0.29, 0.717) is 6.54 Å². The highest BCUT2D eigenvalue weighted by molar-refractivity contribution is 5.21. The van der Waals surface area contributed by atoms with E-state index >= 15 is 0 Å². The SMILES string of the molecule is C=C(CCN)Cc1ccc(F)cc1. The van der Waals surface area contributed by atoms with Gasteiger partial charge in [0, 0.05) is 0 Å². The van der Waals surface area contributed by atoms with Crippen molar-refractivity contribution in [3.05, 3.63) is 47.8 Å². The maximum atomic E-state index is 12.5. The quantitative estimate of drug-likeness (QED) is 0.705. The van der Waals surface area contributed by atoms with Gasteiger partial charge < -0.3 is 5.73 Å². The highest BCUT2D eigenvalue weighted by Crippen LogP contribution is 2.09. The van der Waals surface area contributed by atoms with Crippen LogP contribution in [-0.4, -0.2) is 6.54 Å². The zero-order chi connectivity index (χ0) is 9.68. The molecule has 2 heteroatoms. The minimum absolute atomic E-state index is 0.201. The number of halogens is 1. The van der Waals surface area contributed by atoms with Crippen LogP contribution in [0.1, 0.15) is 12.0 Å². The molecule has 0 heterocycles. The van der Waals surface area contributed by atoms with Crippen LogP contribution in [0.4, 0.5) is 4.39 Å². The molecule has 70 valence electrons. The molecule has 0 unspecified atom stereocenters. The molecule has 0 fully saturated rings. The van der Waals surface area contributed by atoms with E-state index in [0.717, 1.165) is 24.0 Å². The van der Waals surface area contributed by atoms with E-state index in [1.807, 2.05) is 0 Å². The van der Waals surface area contributed by atoms with Crippen molar-refractivity contribution < 1.29 is 4.39 Å². The molecular weight excluding hydrogens is 165 g/mol. The molecule has 0 aliphatic heterocycles. The van der Waals surface area contributed by atoms with Gasteiger partial charge in [0.05, 0.1) is 0 Å². The molecule has 0 aliphatic rings. The smallest absolute Gasteiger partial charge is 0.123 e. The molecule has 1 rings (SSSR count). The Hall–Kier alpha value is -1.15. The first-order valence-electron chi connectivity index (χ1n) is 4.33. The maximum Gasteiger partial charge on any atom is 0.123 e. The van der Waals surface area contributed by atoms with Crippen molar-refractivity contribution >= 4 is 0 Å². The van der Waals surface area contributed by atoms with Gasteiger partial charge in [-0.05, 0) is 37.1 Å². The Morgan fingerprint density at radius 3 is 2.46 bits per heavy atom. The summed E-state index contributed by atoms with van der Waals surface area (Å²) in [6, 6.07) is 6.48. The van der Waals surface area contributed by atoms with Crippen LogP contribution in [0.25, 0.3) is 0 Å². The predicted molar refractivity (Wildman–Crippen MR) is 52.9 cm³/mol. The summed E-state index contributed by atoms with van der Waals surface area (Å²) in [5, 5.41) is 0. The highest BCUT2D eigenvalue weighted by atomic mass is 19.1. The number of rotatable bonds is 4. The number of hydrogen-bond donors (Lipinski definition) is 1. The van der Waals surface area contributed by atoms with Gasteiger partial charge in [0.25, 0.3) is 0 Å². The summed E-state index contributed by atoms with van der Waals surface area (Å²) in [7, 11) is 0. The van der Waals surface area contributed by atoms with E-state index in [4.69, 9.17) is 5.73 Å². The lowest BCUT2D eigenvalue weighted by Gasteiger charge is -2.03. The zero-order valence-corrected chi connectivity index (χ0v) is 7.59. The van der Waals surface area contributed by atoms with E-state index in [1.165, 1.54) is 12.1 Å². The lowest BCUT2D eigenvalue weighted by atomic mass is 10.0. The summed E-state index contributed by atoms with van der Waals surface area (Å²) in [5.74, 6) is -0.201. The molecule has 0 aromatic heterocycles. The molecule has 0 amide bonds. The first-order valence-corrected chi connectivity index (χ1v) is 4.33. The van der Waals surface area contributed by atoms with Gasteiger partial charge in [-0.25, -0.2) is 4.39 Å². The summed E-state index contributed by atoms with van der Waals surface area (Å²) in [5.41, 5.74) is 7.56. The van der Waals surface area contributed by atoms with E-state index in [-0.39, 0.29) is 5.82 Å². The summed E-state index contributed by atoms with van der Waals surface area (Å²) >= 11 is 0. The molecule has 13 heavy (non-hydrogen) atoms. The molecule has 0 spiro atoms. The minimum atomic E-state index is -0.201. The van der Waals surface area contributed by atoms with Crippen LogP contribution in [0.3, 0.4) is 0 Å². The second kappa shape index (κ2) is 4.77. The largest absolute Gasteiger partial charge is 0.330 e. The van der Waals surface area contributed by atoms with Crippen molar-refractivity contribution in [1.29, 1.82) is 0 Å². The third-order valence-electron chi connectivity index (χ3n) is 1.87. The van der Waals surface area contributed by atoms with Crippen molar-refractivity contribution in [2.75, 3.05) is 6.54 Å². The van der Waals surface area contributed by atoms with Crippen LogP contribution >= 0.6 is 0 Å². The summed E-state index contributed by atoms with van der Waals surface area (Å²) < 4.78 is 12.5. The standard InChI is InChI=1S/C11H14FN/c1-9(6-7-13)8-10-2-4-11(12)5-3-10/h2-5H,1,6-8,13H2. The molecule has 0 atom stereocenters. The topological polar surface area (TPSA) is 26.0 Å². The van der Waals surface area contributed by atoms with Gasteiger partial charge in [-0.3, -0.25) is 0 Å². The number of benzene rings is 1. The fourth-order valence-corrected chi connectivity index (χ4v) is 1.18. The molecule has 0 saturated carbocycles. The fourth-order valence-electron chi connectivity index (χ4n) is 1.18. The lowest BCUT2D eigenvalue weighted by molar-refractivity contribution is 0.627.